The molecule has 0 bridgehead atoms. The average molecular weight is 218 g/mol. The zero-order valence-electron chi connectivity index (χ0n) is 9.36. The molecule has 0 rings (SSSR count). The lowest BCUT2D eigenvalue weighted by atomic mass is 10.4. The molecule has 0 aliphatic heterocycles. The Kier molecular flexibility index (Phi) is 6.94. The summed E-state index contributed by atoms with van der Waals surface area (Å²) >= 11 is 0. The Hall–Kier alpha value is -0.910. The van der Waals surface area contributed by atoms with Crippen molar-refractivity contribution in [2.24, 2.45) is 0 Å². The SMILES string of the molecule is C=C(C)C(=O)OC(C)OC(C)OCCO. The Balaban J connectivity index is 3.77. The van der Waals surface area contributed by atoms with Gasteiger partial charge in [0, 0.05) is 5.57 Å². The summed E-state index contributed by atoms with van der Waals surface area (Å²) in [6.07, 6.45) is -1.24. The number of esters is 1. The molecule has 0 aromatic heterocycles. The molecule has 0 spiro atoms. The van der Waals surface area contributed by atoms with Crippen LogP contribution in [0.25, 0.3) is 0 Å². The van der Waals surface area contributed by atoms with E-state index in [1.165, 1.54) is 0 Å². The Morgan fingerprint density at radius 3 is 2.47 bits per heavy atom. The first-order chi connectivity index (χ1) is 6.97. The maximum atomic E-state index is 11.1. The molecule has 2 unspecified atom stereocenters. The highest BCUT2D eigenvalue weighted by atomic mass is 16.8. The minimum Gasteiger partial charge on any atom is -0.433 e. The van der Waals surface area contributed by atoms with Crippen molar-refractivity contribution in [2.45, 2.75) is 33.4 Å². The van der Waals surface area contributed by atoms with E-state index in [-0.39, 0.29) is 13.2 Å². The fourth-order valence-corrected chi connectivity index (χ4v) is 0.807. The maximum Gasteiger partial charge on any atom is 0.335 e. The normalized spacial score (nSPS) is 14.4. The second kappa shape index (κ2) is 7.39. The molecule has 88 valence electrons. The van der Waals surface area contributed by atoms with Crippen LogP contribution in [0.1, 0.15) is 20.8 Å². The molecule has 2 atom stereocenters. The summed E-state index contributed by atoms with van der Waals surface area (Å²) in [5.41, 5.74) is 0.314. The van der Waals surface area contributed by atoms with Crippen molar-refractivity contribution in [3.63, 3.8) is 0 Å². The van der Waals surface area contributed by atoms with Gasteiger partial charge in [-0.3, -0.25) is 0 Å². The van der Waals surface area contributed by atoms with Crippen molar-refractivity contribution in [2.75, 3.05) is 13.2 Å². The maximum absolute atomic E-state index is 11.1. The fraction of sp³-hybridized carbons (Fsp3) is 0.700. The van der Waals surface area contributed by atoms with Crippen LogP contribution in [-0.2, 0) is 19.0 Å². The van der Waals surface area contributed by atoms with Crippen molar-refractivity contribution in [1.82, 2.24) is 0 Å². The van der Waals surface area contributed by atoms with Gasteiger partial charge in [-0.05, 0) is 20.8 Å². The quantitative estimate of drug-likeness (QED) is 0.389. The lowest BCUT2D eigenvalue weighted by molar-refractivity contribution is -0.228. The van der Waals surface area contributed by atoms with E-state index in [1.807, 2.05) is 0 Å². The number of carbonyl (C=O) groups is 1. The van der Waals surface area contributed by atoms with Crippen molar-refractivity contribution in [1.29, 1.82) is 0 Å². The van der Waals surface area contributed by atoms with Gasteiger partial charge >= 0.3 is 5.97 Å². The smallest absolute Gasteiger partial charge is 0.335 e. The van der Waals surface area contributed by atoms with Crippen LogP contribution in [0.3, 0.4) is 0 Å². The number of ether oxygens (including phenoxy) is 3. The summed E-state index contributed by atoms with van der Waals surface area (Å²) in [5.74, 6) is -0.503. The van der Waals surface area contributed by atoms with Crippen molar-refractivity contribution < 1.29 is 24.1 Å². The number of hydrogen-bond acceptors (Lipinski definition) is 5. The first-order valence-corrected chi connectivity index (χ1v) is 4.71. The molecule has 0 amide bonds. The molecule has 0 aromatic carbocycles. The molecular weight excluding hydrogens is 200 g/mol. The molecule has 0 saturated heterocycles. The van der Waals surface area contributed by atoms with Crippen LogP contribution in [0.4, 0.5) is 0 Å². The fourth-order valence-electron chi connectivity index (χ4n) is 0.807. The van der Waals surface area contributed by atoms with Gasteiger partial charge in [0.15, 0.2) is 6.29 Å². The monoisotopic (exact) mass is 218 g/mol. The number of carbonyl (C=O) groups excluding carboxylic acids is 1. The lowest BCUT2D eigenvalue weighted by Gasteiger charge is -2.19. The molecular formula is C10H18O5. The van der Waals surface area contributed by atoms with E-state index in [9.17, 15) is 4.79 Å². The largest absolute Gasteiger partial charge is 0.433 e. The van der Waals surface area contributed by atoms with Gasteiger partial charge in [-0.1, -0.05) is 6.58 Å². The summed E-state index contributed by atoms with van der Waals surface area (Å²) < 4.78 is 15.0. The van der Waals surface area contributed by atoms with Gasteiger partial charge in [0.25, 0.3) is 0 Å². The number of rotatable bonds is 7. The number of aliphatic hydroxyl groups excluding tert-OH is 1. The molecule has 0 aromatic rings. The lowest BCUT2D eigenvalue weighted by Crippen LogP contribution is -2.25. The van der Waals surface area contributed by atoms with E-state index >= 15 is 0 Å². The Morgan fingerprint density at radius 1 is 1.40 bits per heavy atom. The van der Waals surface area contributed by atoms with Crippen LogP contribution < -0.4 is 0 Å². The zero-order valence-corrected chi connectivity index (χ0v) is 9.36. The van der Waals surface area contributed by atoms with Gasteiger partial charge < -0.3 is 19.3 Å². The predicted octanol–water partition coefficient (Wildman–Crippen LogP) is 0.823. The standard InChI is InChI=1S/C10H18O5/c1-7(2)10(12)15-9(4)14-8(3)13-6-5-11/h8-9,11H,1,5-6H2,2-4H3. The Morgan fingerprint density at radius 2 is 2.00 bits per heavy atom. The average Bonchev–Trinajstić information content (AvgIpc) is 2.14. The van der Waals surface area contributed by atoms with E-state index in [0.29, 0.717) is 5.57 Å². The highest BCUT2D eigenvalue weighted by molar-refractivity contribution is 5.86. The zero-order chi connectivity index (χ0) is 11.8. The van der Waals surface area contributed by atoms with Gasteiger partial charge in [0.2, 0.25) is 6.29 Å². The van der Waals surface area contributed by atoms with Crippen LogP contribution in [0.2, 0.25) is 0 Å². The molecule has 0 heterocycles. The van der Waals surface area contributed by atoms with Gasteiger partial charge in [-0.2, -0.15) is 0 Å². The van der Waals surface area contributed by atoms with E-state index in [1.54, 1.807) is 20.8 Å². The third-order valence-electron chi connectivity index (χ3n) is 1.45. The van der Waals surface area contributed by atoms with Gasteiger partial charge in [0.1, 0.15) is 0 Å². The third kappa shape index (κ3) is 7.07. The highest BCUT2D eigenvalue weighted by Crippen LogP contribution is 2.04. The van der Waals surface area contributed by atoms with Crippen molar-refractivity contribution >= 4 is 5.97 Å². The molecule has 0 fully saturated rings. The van der Waals surface area contributed by atoms with Gasteiger partial charge in [0.05, 0.1) is 13.2 Å². The van der Waals surface area contributed by atoms with Crippen molar-refractivity contribution in [3.8, 4) is 0 Å². The summed E-state index contributed by atoms with van der Waals surface area (Å²) in [6.45, 7) is 8.34. The number of hydrogen-bond donors (Lipinski definition) is 1. The Labute approximate surface area is 89.6 Å². The molecule has 0 aliphatic carbocycles. The van der Waals surface area contributed by atoms with Crippen LogP contribution in [-0.4, -0.2) is 36.9 Å². The van der Waals surface area contributed by atoms with Crippen LogP contribution >= 0.6 is 0 Å². The summed E-state index contributed by atoms with van der Waals surface area (Å²) in [4.78, 5) is 11.1. The number of aliphatic hydroxyl groups is 1. The van der Waals surface area contributed by atoms with Crippen molar-refractivity contribution in [3.05, 3.63) is 12.2 Å². The molecule has 15 heavy (non-hydrogen) atoms. The highest BCUT2D eigenvalue weighted by Gasteiger charge is 2.13. The molecule has 5 nitrogen and oxygen atoms in total. The molecule has 1 N–H and O–H groups in total. The molecule has 0 aliphatic rings. The van der Waals surface area contributed by atoms with E-state index < -0.39 is 18.5 Å². The van der Waals surface area contributed by atoms with Crippen LogP contribution in [0.5, 0.6) is 0 Å². The molecule has 5 heteroatoms. The van der Waals surface area contributed by atoms with E-state index in [0.717, 1.165) is 0 Å². The van der Waals surface area contributed by atoms with Crippen LogP contribution in [0.15, 0.2) is 12.2 Å². The first kappa shape index (κ1) is 14.1. The topological polar surface area (TPSA) is 65.0 Å². The van der Waals surface area contributed by atoms with E-state index in [4.69, 9.17) is 19.3 Å². The molecule has 0 saturated carbocycles. The second-order valence-corrected chi connectivity index (χ2v) is 3.05. The van der Waals surface area contributed by atoms with E-state index in [2.05, 4.69) is 6.58 Å². The van der Waals surface area contributed by atoms with Gasteiger partial charge in [-0.25, -0.2) is 4.79 Å². The minimum absolute atomic E-state index is 0.0758. The van der Waals surface area contributed by atoms with Crippen LogP contribution in [0, 0.1) is 0 Å². The first-order valence-electron chi connectivity index (χ1n) is 4.71. The predicted molar refractivity (Wildman–Crippen MR) is 54.0 cm³/mol. The second-order valence-electron chi connectivity index (χ2n) is 3.05. The van der Waals surface area contributed by atoms with Gasteiger partial charge in [-0.15, -0.1) is 0 Å². The Bertz CT molecular complexity index is 214. The third-order valence-corrected chi connectivity index (χ3v) is 1.45. The summed E-state index contributed by atoms with van der Waals surface area (Å²) in [5, 5.41) is 8.49. The summed E-state index contributed by atoms with van der Waals surface area (Å²) in [7, 11) is 0. The molecule has 0 radical (unpaired) electrons. The summed E-state index contributed by atoms with van der Waals surface area (Å²) in [6, 6.07) is 0. The minimum atomic E-state index is -0.706.